The monoisotopic (exact) mass is 384 g/mol. The molecule has 0 spiro atoms. The SMILES string of the molecule is CN(CC(=O)Nc1ccccc1Cl)C(=O)COc1ccc(F)c(Cl)c1. The van der Waals surface area contributed by atoms with Gasteiger partial charge in [-0.05, 0) is 24.3 Å². The van der Waals surface area contributed by atoms with Crippen LogP contribution < -0.4 is 10.1 Å². The Hall–Kier alpha value is -2.31. The third-order valence-electron chi connectivity index (χ3n) is 3.21. The van der Waals surface area contributed by atoms with Crippen LogP contribution in [0, 0.1) is 5.82 Å². The van der Waals surface area contributed by atoms with E-state index in [0.717, 1.165) is 6.07 Å². The summed E-state index contributed by atoms with van der Waals surface area (Å²) in [5, 5.41) is 2.92. The molecule has 2 rings (SSSR count). The molecule has 0 aromatic heterocycles. The average molecular weight is 385 g/mol. The molecule has 2 aromatic carbocycles. The first kappa shape index (κ1) is 19.0. The Morgan fingerprint density at radius 2 is 1.88 bits per heavy atom. The van der Waals surface area contributed by atoms with Crippen LogP contribution >= 0.6 is 23.2 Å². The van der Waals surface area contributed by atoms with E-state index >= 15 is 0 Å². The predicted octanol–water partition coefficient (Wildman–Crippen LogP) is 3.61. The number of anilines is 1. The van der Waals surface area contributed by atoms with E-state index in [2.05, 4.69) is 5.32 Å². The molecular weight excluding hydrogens is 370 g/mol. The molecule has 0 fully saturated rings. The normalized spacial score (nSPS) is 10.2. The maximum Gasteiger partial charge on any atom is 0.260 e. The molecule has 0 aliphatic carbocycles. The first-order chi connectivity index (χ1) is 11.9. The number of hydrogen-bond donors (Lipinski definition) is 1. The fourth-order valence-electron chi connectivity index (χ4n) is 1.88. The lowest BCUT2D eigenvalue weighted by atomic mass is 10.3. The second-order valence-corrected chi connectivity index (χ2v) is 5.96. The molecule has 0 bridgehead atoms. The van der Waals surface area contributed by atoms with Crippen molar-refractivity contribution in [3.05, 3.63) is 58.3 Å². The van der Waals surface area contributed by atoms with Gasteiger partial charge in [-0.3, -0.25) is 9.59 Å². The van der Waals surface area contributed by atoms with Crippen LogP contribution in [0.5, 0.6) is 5.75 Å². The van der Waals surface area contributed by atoms with Gasteiger partial charge < -0.3 is 15.0 Å². The summed E-state index contributed by atoms with van der Waals surface area (Å²) in [6.45, 7) is -0.477. The minimum Gasteiger partial charge on any atom is -0.484 e. The van der Waals surface area contributed by atoms with Crippen molar-refractivity contribution < 1.29 is 18.7 Å². The summed E-state index contributed by atoms with van der Waals surface area (Å²) in [5.41, 5.74) is 0.465. The summed E-state index contributed by atoms with van der Waals surface area (Å²) in [4.78, 5) is 25.2. The molecule has 2 aromatic rings. The number of nitrogens with one attached hydrogen (secondary N) is 1. The average Bonchev–Trinajstić information content (AvgIpc) is 2.57. The molecule has 0 atom stereocenters. The van der Waals surface area contributed by atoms with Crippen molar-refractivity contribution in [3.8, 4) is 5.75 Å². The molecule has 0 radical (unpaired) electrons. The highest BCUT2D eigenvalue weighted by atomic mass is 35.5. The summed E-state index contributed by atoms with van der Waals surface area (Å²) in [5.74, 6) is -1.13. The van der Waals surface area contributed by atoms with E-state index in [-0.39, 0.29) is 23.9 Å². The quantitative estimate of drug-likeness (QED) is 0.827. The Bertz CT molecular complexity index is 786. The molecule has 0 aliphatic rings. The highest BCUT2D eigenvalue weighted by molar-refractivity contribution is 6.33. The summed E-state index contributed by atoms with van der Waals surface area (Å²) in [6.07, 6.45) is 0. The highest BCUT2D eigenvalue weighted by Crippen LogP contribution is 2.21. The van der Waals surface area contributed by atoms with Crippen molar-refractivity contribution in [2.24, 2.45) is 0 Å². The van der Waals surface area contributed by atoms with Crippen LogP contribution in [0.1, 0.15) is 0 Å². The van der Waals surface area contributed by atoms with Crippen molar-refractivity contribution in [3.63, 3.8) is 0 Å². The zero-order valence-electron chi connectivity index (χ0n) is 13.3. The van der Waals surface area contributed by atoms with Gasteiger partial charge >= 0.3 is 0 Å². The van der Waals surface area contributed by atoms with Gasteiger partial charge in [-0.25, -0.2) is 4.39 Å². The van der Waals surface area contributed by atoms with Crippen LogP contribution in [-0.2, 0) is 9.59 Å². The van der Waals surface area contributed by atoms with E-state index in [1.165, 1.54) is 24.1 Å². The van der Waals surface area contributed by atoms with Crippen LogP contribution in [0.25, 0.3) is 0 Å². The van der Waals surface area contributed by atoms with Crippen LogP contribution in [0.4, 0.5) is 10.1 Å². The molecule has 8 heteroatoms. The third kappa shape index (κ3) is 5.62. The van der Waals surface area contributed by atoms with Gasteiger partial charge in [0.25, 0.3) is 5.91 Å². The second kappa shape index (κ2) is 8.69. The Balaban J connectivity index is 1.84. The number of amides is 2. The lowest BCUT2D eigenvalue weighted by Crippen LogP contribution is -2.37. The van der Waals surface area contributed by atoms with Gasteiger partial charge in [-0.2, -0.15) is 0 Å². The molecule has 0 heterocycles. The third-order valence-corrected chi connectivity index (χ3v) is 3.83. The van der Waals surface area contributed by atoms with Gasteiger partial charge in [-0.15, -0.1) is 0 Å². The zero-order valence-corrected chi connectivity index (χ0v) is 14.8. The molecule has 0 saturated heterocycles. The molecule has 2 amide bonds. The molecule has 5 nitrogen and oxygen atoms in total. The first-order valence-corrected chi connectivity index (χ1v) is 7.98. The van der Waals surface area contributed by atoms with Gasteiger partial charge in [0.2, 0.25) is 5.91 Å². The van der Waals surface area contributed by atoms with E-state index in [1.807, 2.05) is 0 Å². The number of para-hydroxylation sites is 1. The number of ether oxygens (including phenoxy) is 1. The second-order valence-electron chi connectivity index (χ2n) is 5.14. The van der Waals surface area contributed by atoms with Crippen molar-refractivity contribution in [2.75, 3.05) is 25.5 Å². The molecule has 0 saturated carbocycles. The number of likely N-dealkylation sites (N-methyl/N-ethyl adjacent to an activating group) is 1. The molecule has 25 heavy (non-hydrogen) atoms. The molecule has 0 aliphatic heterocycles. The summed E-state index contributed by atoms with van der Waals surface area (Å²) in [7, 11) is 1.47. The van der Waals surface area contributed by atoms with E-state index < -0.39 is 17.6 Å². The van der Waals surface area contributed by atoms with Crippen molar-refractivity contribution >= 4 is 40.7 Å². The van der Waals surface area contributed by atoms with E-state index in [9.17, 15) is 14.0 Å². The van der Waals surface area contributed by atoms with Gasteiger partial charge in [0.05, 0.1) is 22.3 Å². The Kier molecular flexibility index (Phi) is 6.61. The first-order valence-electron chi connectivity index (χ1n) is 7.23. The van der Waals surface area contributed by atoms with Gasteiger partial charge in [0, 0.05) is 13.1 Å². The largest absolute Gasteiger partial charge is 0.484 e. The number of nitrogens with zero attached hydrogens (tertiary/aromatic N) is 1. The van der Waals surface area contributed by atoms with E-state index in [4.69, 9.17) is 27.9 Å². The van der Waals surface area contributed by atoms with Gasteiger partial charge in [0.1, 0.15) is 11.6 Å². The van der Waals surface area contributed by atoms with Crippen LogP contribution in [0.2, 0.25) is 10.0 Å². The number of hydrogen-bond acceptors (Lipinski definition) is 3. The Morgan fingerprint density at radius 3 is 2.56 bits per heavy atom. The summed E-state index contributed by atoms with van der Waals surface area (Å²) < 4.78 is 18.3. The van der Waals surface area contributed by atoms with Gasteiger partial charge in [-0.1, -0.05) is 35.3 Å². The number of rotatable bonds is 6. The molecular formula is C17H15Cl2FN2O3. The maximum atomic E-state index is 13.1. The zero-order chi connectivity index (χ0) is 18.4. The number of benzene rings is 2. The molecule has 0 unspecified atom stereocenters. The van der Waals surface area contributed by atoms with Crippen LogP contribution in [-0.4, -0.2) is 36.9 Å². The molecule has 132 valence electrons. The van der Waals surface area contributed by atoms with Crippen molar-refractivity contribution in [1.29, 1.82) is 0 Å². The maximum absolute atomic E-state index is 13.1. The van der Waals surface area contributed by atoms with Crippen molar-refractivity contribution in [1.82, 2.24) is 4.90 Å². The highest BCUT2D eigenvalue weighted by Gasteiger charge is 2.15. The van der Waals surface area contributed by atoms with Crippen molar-refractivity contribution in [2.45, 2.75) is 0 Å². The Labute approximate surface area is 154 Å². The smallest absolute Gasteiger partial charge is 0.260 e. The minimum atomic E-state index is -0.575. The number of carbonyl (C=O) groups excluding carboxylic acids is 2. The van der Waals surface area contributed by atoms with Crippen LogP contribution in [0.15, 0.2) is 42.5 Å². The fraction of sp³-hybridized carbons (Fsp3) is 0.176. The van der Waals surface area contributed by atoms with Gasteiger partial charge in [0.15, 0.2) is 6.61 Å². The summed E-state index contributed by atoms with van der Waals surface area (Å²) >= 11 is 11.6. The lowest BCUT2D eigenvalue weighted by Gasteiger charge is -2.17. The standard InChI is InChI=1S/C17H15Cl2FN2O3/c1-22(9-16(23)21-15-5-3-2-4-12(15)18)17(24)10-25-11-6-7-14(20)13(19)8-11/h2-8H,9-10H2,1H3,(H,21,23). The minimum absolute atomic E-state index is 0.0996. The lowest BCUT2D eigenvalue weighted by molar-refractivity contribution is -0.135. The summed E-state index contributed by atoms with van der Waals surface area (Å²) in [6, 6.07) is 10.6. The number of halogens is 3. The van der Waals surface area contributed by atoms with E-state index in [1.54, 1.807) is 24.3 Å². The Morgan fingerprint density at radius 1 is 1.16 bits per heavy atom. The molecule has 1 N–H and O–H groups in total. The van der Waals surface area contributed by atoms with E-state index in [0.29, 0.717) is 10.7 Å². The number of carbonyl (C=O) groups is 2. The predicted molar refractivity (Wildman–Crippen MR) is 94.6 cm³/mol. The fourth-order valence-corrected chi connectivity index (χ4v) is 2.23. The topological polar surface area (TPSA) is 58.6 Å². The van der Waals surface area contributed by atoms with Crippen LogP contribution in [0.3, 0.4) is 0 Å².